The van der Waals surface area contributed by atoms with Crippen molar-refractivity contribution in [3.8, 4) is 0 Å². The van der Waals surface area contributed by atoms with E-state index in [1.165, 1.54) is 10.4 Å². The third-order valence-corrected chi connectivity index (χ3v) is 3.93. The number of rotatable bonds is 3. The van der Waals surface area contributed by atoms with Crippen molar-refractivity contribution in [2.24, 2.45) is 0 Å². The van der Waals surface area contributed by atoms with Crippen molar-refractivity contribution in [2.75, 3.05) is 18.5 Å². The highest BCUT2D eigenvalue weighted by molar-refractivity contribution is 7.18. The van der Waals surface area contributed by atoms with E-state index in [0.717, 1.165) is 29.1 Å². The number of nitrogens with zero attached hydrogens (tertiary/aromatic N) is 2. The minimum absolute atomic E-state index is 0.706. The number of ether oxygens (including phenoxy) is 1. The predicted molar refractivity (Wildman–Crippen MR) is 69.5 cm³/mol. The summed E-state index contributed by atoms with van der Waals surface area (Å²) in [5.41, 5.74) is 1.35. The Balaban J connectivity index is 2.15. The van der Waals surface area contributed by atoms with E-state index in [1.807, 2.05) is 6.08 Å². The normalized spacial score (nSPS) is 14.6. The second kappa shape index (κ2) is 4.43. The number of thiophene rings is 1. The molecule has 88 valence electrons. The first-order valence-electron chi connectivity index (χ1n) is 5.58. The summed E-state index contributed by atoms with van der Waals surface area (Å²) in [6, 6.07) is 0. The molecule has 1 aliphatic heterocycles. The zero-order chi connectivity index (χ0) is 11.7. The highest BCUT2D eigenvalue weighted by Gasteiger charge is 2.19. The van der Waals surface area contributed by atoms with E-state index in [-0.39, 0.29) is 0 Å². The second-order valence-corrected chi connectivity index (χ2v) is 4.96. The fourth-order valence-corrected chi connectivity index (χ4v) is 3.18. The van der Waals surface area contributed by atoms with E-state index in [4.69, 9.17) is 4.74 Å². The third-order valence-electron chi connectivity index (χ3n) is 2.81. The molecule has 4 nitrogen and oxygen atoms in total. The quantitative estimate of drug-likeness (QED) is 0.846. The summed E-state index contributed by atoms with van der Waals surface area (Å²) in [7, 11) is 0. The van der Waals surface area contributed by atoms with Crippen LogP contribution in [-0.2, 0) is 17.8 Å². The number of anilines is 1. The number of aromatic nitrogens is 2. The van der Waals surface area contributed by atoms with Crippen LogP contribution in [0, 0.1) is 0 Å². The Bertz CT molecular complexity index is 564. The van der Waals surface area contributed by atoms with E-state index in [0.29, 0.717) is 13.2 Å². The molecule has 0 fully saturated rings. The lowest BCUT2D eigenvalue weighted by Crippen LogP contribution is -2.08. The lowest BCUT2D eigenvalue weighted by atomic mass is 10.1. The van der Waals surface area contributed by atoms with Crippen molar-refractivity contribution in [1.82, 2.24) is 9.97 Å². The van der Waals surface area contributed by atoms with Gasteiger partial charge in [-0.3, -0.25) is 0 Å². The molecule has 0 aliphatic carbocycles. The maximum Gasteiger partial charge on any atom is 0.138 e. The van der Waals surface area contributed by atoms with Gasteiger partial charge >= 0.3 is 0 Å². The van der Waals surface area contributed by atoms with Crippen molar-refractivity contribution < 1.29 is 4.74 Å². The Morgan fingerprint density at radius 3 is 3.35 bits per heavy atom. The standard InChI is InChI=1S/C12H13N3OS/c1-2-4-13-11-10-8-3-5-16-6-9(8)17-12(10)15-7-14-11/h2,7H,1,3-6H2,(H,13,14,15). The lowest BCUT2D eigenvalue weighted by molar-refractivity contribution is 0.114. The first kappa shape index (κ1) is 10.7. The van der Waals surface area contributed by atoms with Crippen LogP contribution in [0.4, 0.5) is 5.82 Å². The van der Waals surface area contributed by atoms with Gasteiger partial charge in [-0.2, -0.15) is 0 Å². The molecule has 1 N–H and O–H groups in total. The molecule has 0 unspecified atom stereocenters. The Morgan fingerprint density at radius 1 is 1.53 bits per heavy atom. The molecule has 17 heavy (non-hydrogen) atoms. The first-order valence-corrected chi connectivity index (χ1v) is 6.39. The Labute approximate surface area is 103 Å². The second-order valence-electron chi connectivity index (χ2n) is 3.88. The minimum Gasteiger partial charge on any atom is -0.376 e. The molecule has 0 saturated carbocycles. The molecule has 0 saturated heterocycles. The van der Waals surface area contributed by atoms with Crippen LogP contribution in [0.5, 0.6) is 0 Å². The molecule has 2 aromatic heterocycles. The Morgan fingerprint density at radius 2 is 2.47 bits per heavy atom. The zero-order valence-electron chi connectivity index (χ0n) is 9.40. The van der Waals surface area contributed by atoms with Gasteiger partial charge in [-0.15, -0.1) is 17.9 Å². The van der Waals surface area contributed by atoms with Gasteiger partial charge in [0.15, 0.2) is 0 Å². The van der Waals surface area contributed by atoms with Crippen molar-refractivity contribution in [2.45, 2.75) is 13.0 Å². The van der Waals surface area contributed by atoms with Crippen LogP contribution >= 0.6 is 11.3 Å². The number of hydrogen-bond acceptors (Lipinski definition) is 5. The maximum atomic E-state index is 5.47. The summed E-state index contributed by atoms with van der Waals surface area (Å²) in [5.74, 6) is 0.911. The molecule has 1 aliphatic rings. The van der Waals surface area contributed by atoms with Gasteiger partial charge in [0.1, 0.15) is 17.0 Å². The van der Waals surface area contributed by atoms with E-state index < -0.39 is 0 Å². The van der Waals surface area contributed by atoms with Crippen LogP contribution in [0.3, 0.4) is 0 Å². The molecule has 3 heterocycles. The molecular formula is C12H13N3OS. The van der Waals surface area contributed by atoms with Crippen molar-refractivity contribution >= 4 is 27.4 Å². The largest absolute Gasteiger partial charge is 0.376 e. The van der Waals surface area contributed by atoms with Crippen LogP contribution in [0.2, 0.25) is 0 Å². The van der Waals surface area contributed by atoms with E-state index in [1.54, 1.807) is 17.7 Å². The van der Waals surface area contributed by atoms with Crippen LogP contribution in [0.1, 0.15) is 10.4 Å². The summed E-state index contributed by atoms with van der Waals surface area (Å²) in [4.78, 5) is 11.0. The number of fused-ring (bicyclic) bond motifs is 3. The summed E-state index contributed by atoms with van der Waals surface area (Å²) >= 11 is 1.71. The molecule has 0 aromatic carbocycles. The predicted octanol–water partition coefficient (Wildman–Crippen LogP) is 2.36. The smallest absolute Gasteiger partial charge is 0.138 e. The SMILES string of the molecule is C=CCNc1ncnc2sc3c(c12)CCOC3. The number of nitrogens with one attached hydrogen (secondary N) is 1. The Hall–Kier alpha value is -1.46. The van der Waals surface area contributed by atoms with Gasteiger partial charge in [-0.25, -0.2) is 9.97 Å². The molecule has 0 atom stereocenters. The average molecular weight is 247 g/mol. The van der Waals surface area contributed by atoms with Crippen molar-refractivity contribution in [3.63, 3.8) is 0 Å². The molecule has 2 aromatic rings. The van der Waals surface area contributed by atoms with Crippen LogP contribution in [0.25, 0.3) is 10.2 Å². The topological polar surface area (TPSA) is 47.0 Å². The van der Waals surface area contributed by atoms with Crippen LogP contribution < -0.4 is 5.32 Å². The zero-order valence-corrected chi connectivity index (χ0v) is 10.2. The maximum absolute atomic E-state index is 5.47. The van der Waals surface area contributed by atoms with Gasteiger partial charge in [0.2, 0.25) is 0 Å². The van der Waals surface area contributed by atoms with Crippen LogP contribution in [0.15, 0.2) is 19.0 Å². The molecule has 0 amide bonds. The van der Waals surface area contributed by atoms with Gasteiger partial charge in [0.05, 0.1) is 18.6 Å². The molecule has 0 bridgehead atoms. The highest BCUT2D eigenvalue weighted by atomic mass is 32.1. The molecule has 3 rings (SSSR count). The first-order chi connectivity index (χ1) is 8.40. The van der Waals surface area contributed by atoms with Gasteiger partial charge in [0, 0.05) is 11.4 Å². The van der Waals surface area contributed by atoms with E-state index in [2.05, 4.69) is 21.9 Å². The average Bonchev–Trinajstić information content (AvgIpc) is 2.75. The molecule has 0 radical (unpaired) electrons. The molecular weight excluding hydrogens is 234 g/mol. The fourth-order valence-electron chi connectivity index (χ4n) is 2.06. The van der Waals surface area contributed by atoms with E-state index >= 15 is 0 Å². The lowest BCUT2D eigenvalue weighted by Gasteiger charge is -2.12. The van der Waals surface area contributed by atoms with Crippen LogP contribution in [-0.4, -0.2) is 23.1 Å². The van der Waals surface area contributed by atoms with Gasteiger partial charge in [0.25, 0.3) is 0 Å². The van der Waals surface area contributed by atoms with Gasteiger partial charge in [-0.1, -0.05) is 6.08 Å². The minimum atomic E-state index is 0.706. The van der Waals surface area contributed by atoms with Gasteiger partial charge < -0.3 is 10.1 Å². The van der Waals surface area contributed by atoms with Crippen molar-refractivity contribution in [1.29, 1.82) is 0 Å². The number of hydrogen-bond donors (Lipinski definition) is 1. The summed E-state index contributed by atoms with van der Waals surface area (Å²) in [6.45, 7) is 5.92. The Kier molecular flexibility index (Phi) is 2.78. The summed E-state index contributed by atoms with van der Waals surface area (Å²) in [5, 5.41) is 4.43. The summed E-state index contributed by atoms with van der Waals surface area (Å²) in [6.07, 6.45) is 4.39. The van der Waals surface area contributed by atoms with Crippen molar-refractivity contribution in [3.05, 3.63) is 29.4 Å². The highest BCUT2D eigenvalue weighted by Crippen LogP contribution is 2.36. The van der Waals surface area contributed by atoms with E-state index in [9.17, 15) is 0 Å². The summed E-state index contributed by atoms with van der Waals surface area (Å²) < 4.78 is 5.47. The molecule has 5 heteroatoms. The van der Waals surface area contributed by atoms with Gasteiger partial charge in [-0.05, 0) is 12.0 Å². The monoisotopic (exact) mass is 247 g/mol. The molecule has 0 spiro atoms. The third kappa shape index (κ3) is 1.81. The fraction of sp³-hybridized carbons (Fsp3) is 0.333.